The number of rotatable bonds is 5. The van der Waals surface area contributed by atoms with Crippen LogP contribution in [0, 0.1) is 6.92 Å². The molecule has 4 nitrogen and oxygen atoms in total. The average Bonchev–Trinajstić information content (AvgIpc) is 2.77. The average molecular weight is 230 g/mol. The number of aromatic amines is 1. The second-order valence-corrected chi connectivity index (χ2v) is 4.14. The number of nitrogens with zero attached hydrogens (tertiary/aromatic N) is 1. The van der Waals surface area contributed by atoms with Gasteiger partial charge in [-0.05, 0) is 12.5 Å². The molecule has 0 bridgehead atoms. The van der Waals surface area contributed by atoms with Crippen molar-refractivity contribution in [3.63, 3.8) is 0 Å². The summed E-state index contributed by atoms with van der Waals surface area (Å²) in [4.78, 5) is 0. The van der Waals surface area contributed by atoms with Gasteiger partial charge in [0.1, 0.15) is 0 Å². The van der Waals surface area contributed by atoms with Crippen LogP contribution in [0.5, 0.6) is 0 Å². The lowest BCUT2D eigenvalue weighted by Gasteiger charge is -2.05. The Morgan fingerprint density at radius 1 is 1.29 bits per heavy atom. The predicted octanol–water partition coefficient (Wildman–Crippen LogP) is 1.68. The van der Waals surface area contributed by atoms with Gasteiger partial charge in [-0.2, -0.15) is 5.10 Å². The van der Waals surface area contributed by atoms with Crippen LogP contribution in [0.15, 0.2) is 30.5 Å². The summed E-state index contributed by atoms with van der Waals surface area (Å²) in [6, 6.07) is 8.53. The topological polar surface area (TPSA) is 66.7 Å². The summed E-state index contributed by atoms with van der Waals surface area (Å²) in [6.45, 7) is 3.48. The Morgan fingerprint density at radius 2 is 2.06 bits per heavy atom. The number of nitrogens with two attached hydrogens (primary N) is 1. The van der Waals surface area contributed by atoms with Crippen LogP contribution in [-0.2, 0) is 6.42 Å². The lowest BCUT2D eigenvalue weighted by Crippen LogP contribution is -2.13. The van der Waals surface area contributed by atoms with Crippen molar-refractivity contribution in [3.05, 3.63) is 47.3 Å². The molecule has 0 aliphatic heterocycles. The van der Waals surface area contributed by atoms with E-state index >= 15 is 0 Å². The molecule has 2 aromatic rings. The third kappa shape index (κ3) is 3.07. The molecule has 0 amide bonds. The minimum atomic E-state index is 0.620. The first-order valence-corrected chi connectivity index (χ1v) is 5.81. The Morgan fingerprint density at radius 3 is 2.76 bits per heavy atom. The van der Waals surface area contributed by atoms with Crippen molar-refractivity contribution >= 4 is 5.69 Å². The maximum absolute atomic E-state index is 5.47. The van der Waals surface area contributed by atoms with Gasteiger partial charge in [0.15, 0.2) is 0 Å². The maximum atomic E-state index is 5.47. The van der Waals surface area contributed by atoms with Crippen LogP contribution in [0.2, 0.25) is 0 Å². The van der Waals surface area contributed by atoms with Crippen LogP contribution >= 0.6 is 0 Å². The molecule has 0 saturated carbocycles. The third-order valence-corrected chi connectivity index (χ3v) is 2.68. The van der Waals surface area contributed by atoms with Gasteiger partial charge in [-0.15, -0.1) is 0 Å². The van der Waals surface area contributed by atoms with Crippen LogP contribution in [0.1, 0.15) is 16.8 Å². The van der Waals surface area contributed by atoms with Crippen molar-refractivity contribution in [2.75, 3.05) is 18.4 Å². The van der Waals surface area contributed by atoms with Gasteiger partial charge in [0.05, 0.1) is 17.6 Å². The van der Waals surface area contributed by atoms with Gasteiger partial charge < -0.3 is 11.1 Å². The fraction of sp³-hybridized carbons (Fsp3) is 0.308. The summed E-state index contributed by atoms with van der Waals surface area (Å²) in [5.74, 6) is 0. The van der Waals surface area contributed by atoms with Crippen molar-refractivity contribution in [1.29, 1.82) is 0 Å². The molecule has 1 aromatic heterocycles. The number of aryl methyl sites for hydroxylation is 1. The SMILES string of the molecule is Cc1ccc(Cc2[nH]ncc2NCCN)cc1. The fourth-order valence-corrected chi connectivity index (χ4v) is 1.72. The lowest BCUT2D eigenvalue weighted by atomic mass is 10.1. The predicted molar refractivity (Wildman–Crippen MR) is 70.1 cm³/mol. The summed E-state index contributed by atoms with van der Waals surface area (Å²) in [6.07, 6.45) is 2.66. The Kier molecular flexibility index (Phi) is 3.77. The van der Waals surface area contributed by atoms with E-state index in [1.165, 1.54) is 11.1 Å². The molecule has 4 heteroatoms. The molecule has 0 fully saturated rings. The van der Waals surface area contributed by atoms with E-state index in [-0.39, 0.29) is 0 Å². The van der Waals surface area contributed by atoms with Gasteiger partial charge in [0.2, 0.25) is 0 Å². The molecule has 2 rings (SSSR count). The molecule has 0 atom stereocenters. The van der Waals surface area contributed by atoms with Crippen LogP contribution in [-0.4, -0.2) is 23.3 Å². The van der Waals surface area contributed by atoms with Gasteiger partial charge in [0, 0.05) is 19.5 Å². The van der Waals surface area contributed by atoms with Crippen molar-refractivity contribution in [2.24, 2.45) is 5.73 Å². The molecule has 0 spiro atoms. The summed E-state index contributed by atoms with van der Waals surface area (Å²) in [5, 5.41) is 10.3. The fourth-order valence-electron chi connectivity index (χ4n) is 1.72. The number of aromatic nitrogens is 2. The van der Waals surface area contributed by atoms with E-state index in [2.05, 4.69) is 46.7 Å². The standard InChI is InChI=1S/C13H18N4/c1-10-2-4-11(5-3-10)8-12-13(9-16-17-12)15-7-6-14/h2-5,9,15H,6-8,14H2,1H3,(H,16,17). The van der Waals surface area contributed by atoms with Crippen LogP contribution in [0.3, 0.4) is 0 Å². The van der Waals surface area contributed by atoms with Crippen molar-refractivity contribution in [3.8, 4) is 0 Å². The minimum absolute atomic E-state index is 0.620. The van der Waals surface area contributed by atoms with Gasteiger partial charge in [-0.25, -0.2) is 0 Å². The highest BCUT2D eigenvalue weighted by molar-refractivity contribution is 5.47. The normalized spacial score (nSPS) is 10.5. The summed E-state index contributed by atoms with van der Waals surface area (Å²) in [5.41, 5.74) is 10.2. The van der Waals surface area contributed by atoms with E-state index in [0.717, 1.165) is 24.3 Å². The lowest BCUT2D eigenvalue weighted by molar-refractivity contribution is 0.987. The molecule has 0 aliphatic rings. The van der Waals surface area contributed by atoms with E-state index in [1.807, 2.05) is 0 Å². The second kappa shape index (κ2) is 5.50. The molecular formula is C13H18N4. The molecule has 1 heterocycles. The Hall–Kier alpha value is -1.81. The molecule has 0 saturated heterocycles. The molecular weight excluding hydrogens is 212 g/mol. The summed E-state index contributed by atoms with van der Waals surface area (Å²) < 4.78 is 0. The first kappa shape index (κ1) is 11.7. The van der Waals surface area contributed by atoms with E-state index in [4.69, 9.17) is 5.73 Å². The summed E-state index contributed by atoms with van der Waals surface area (Å²) >= 11 is 0. The Labute approximate surface area is 101 Å². The zero-order valence-electron chi connectivity index (χ0n) is 10.0. The number of hydrogen-bond acceptors (Lipinski definition) is 3. The number of H-pyrrole nitrogens is 1. The van der Waals surface area contributed by atoms with Crippen molar-refractivity contribution < 1.29 is 0 Å². The smallest absolute Gasteiger partial charge is 0.0760 e. The van der Waals surface area contributed by atoms with Crippen molar-refractivity contribution in [1.82, 2.24) is 10.2 Å². The van der Waals surface area contributed by atoms with E-state index in [9.17, 15) is 0 Å². The monoisotopic (exact) mass is 230 g/mol. The highest BCUT2D eigenvalue weighted by atomic mass is 15.1. The number of nitrogens with one attached hydrogen (secondary N) is 2. The molecule has 0 aliphatic carbocycles. The largest absolute Gasteiger partial charge is 0.381 e. The maximum Gasteiger partial charge on any atom is 0.0760 e. The molecule has 17 heavy (non-hydrogen) atoms. The van der Waals surface area contributed by atoms with E-state index < -0.39 is 0 Å². The second-order valence-electron chi connectivity index (χ2n) is 4.14. The first-order chi connectivity index (χ1) is 8.29. The van der Waals surface area contributed by atoms with Gasteiger partial charge >= 0.3 is 0 Å². The number of benzene rings is 1. The van der Waals surface area contributed by atoms with Crippen LogP contribution < -0.4 is 11.1 Å². The minimum Gasteiger partial charge on any atom is -0.381 e. The Balaban J connectivity index is 2.07. The van der Waals surface area contributed by atoms with Gasteiger partial charge in [0.25, 0.3) is 0 Å². The van der Waals surface area contributed by atoms with Gasteiger partial charge in [-0.3, -0.25) is 5.10 Å². The third-order valence-electron chi connectivity index (χ3n) is 2.68. The zero-order chi connectivity index (χ0) is 12.1. The highest BCUT2D eigenvalue weighted by Crippen LogP contribution is 2.16. The molecule has 0 unspecified atom stereocenters. The van der Waals surface area contributed by atoms with E-state index in [0.29, 0.717) is 6.54 Å². The van der Waals surface area contributed by atoms with E-state index in [1.54, 1.807) is 6.20 Å². The van der Waals surface area contributed by atoms with Gasteiger partial charge in [-0.1, -0.05) is 29.8 Å². The molecule has 90 valence electrons. The molecule has 0 radical (unpaired) electrons. The molecule has 4 N–H and O–H groups in total. The first-order valence-electron chi connectivity index (χ1n) is 5.81. The van der Waals surface area contributed by atoms with Crippen LogP contribution in [0.4, 0.5) is 5.69 Å². The quantitative estimate of drug-likeness (QED) is 0.732. The van der Waals surface area contributed by atoms with Crippen LogP contribution in [0.25, 0.3) is 0 Å². The highest BCUT2D eigenvalue weighted by Gasteiger charge is 2.05. The Bertz CT molecular complexity index is 459. The number of anilines is 1. The molecule has 1 aromatic carbocycles. The summed E-state index contributed by atoms with van der Waals surface area (Å²) in [7, 11) is 0. The van der Waals surface area contributed by atoms with Crippen molar-refractivity contribution in [2.45, 2.75) is 13.3 Å². The number of hydrogen-bond donors (Lipinski definition) is 3. The zero-order valence-corrected chi connectivity index (χ0v) is 10.0.